The van der Waals surface area contributed by atoms with Crippen molar-refractivity contribution in [3.63, 3.8) is 0 Å². The lowest BCUT2D eigenvalue weighted by Gasteiger charge is -2.03. The van der Waals surface area contributed by atoms with Crippen molar-refractivity contribution in [1.29, 1.82) is 5.26 Å². The van der Waals surface area contributed by atoms with E-state index in [0.717, 1.165) is 0 Å². The van der Waals surface area contributed by atoms with Crippen LogP contribution in [0.15, 0.2) is 36.7 Å². The summed E-state index contributed by atoms with van der Waals surface area (Å²) in [6, 6.07) is 7.45. The van der Waals surface area contributed by atoms with E-state index in [-0.39, 0.29) is 11.1 Å². The maximum absolute atomic E-state index is 13.5. The summed E-state index contributed by atoms with van der Waals surface area (Å²) in [5.74, 6) is -1.21. The molecule has 2 N–H and O–H groups in total. The highest BCUT2D eigenvalue weighted by Gasteiger charge is 2.07. The number of nitriles is 1. The fourth-order valence-electron chi connectivity index (χ4n) is 1.52. The standard InChI is InChI=1S/C13H8FN3O/c14-12-4-8(1-2-9(12)5-15)10-3-11(13(16)18)7-17-6-10/h1-4,6-7H,(H2,16,18). The Balaban J connectivity index is 2.49. The molecule has 1 amide bonds. The van der Waals surface area contributed by atoms with E-state index in [1.54, 1.807) is 12.1 Å². The Kier molecular flexibility index (Phi) is 3.02. The number of nitrogens with two attached hydrogens (primary N) is 1. The molecular weight excluding hydrogens is 233 g/mol. The van der Waals surface area contributed by atoms with Gasteiger partial charge in [-0.2, -0.15) is 5.26 Å². The van der Waals surface area contributed by atoms with Crippen molar-refractivity contribution in [1.82, 2.24) is 4.98 Å². The van der Waals surface area contributed by atoms with Gasteiger partial charge in [0.2, 0.25) is 5.91 Å². The zero-order valence-electron chi connectivity index (χ0n) is 9.22. The quantitative estimate of drug-likeness (QED) is 0.871. The zero-order valence-corrected chi connectivity index (χ0v) is 9.22. The Hall–Kier alpha value is -2.74. The molecule has 0 spiro atoms. The van der Waals surface area contributed by atoms with E-state index in [0.29, 0.717) is 11.1 Å². The van der Waals surface area contributed by atoms with Crippen molar-refractivity contribution < 1.29 is 9.18 Å². The fourth-order valence-corrected chi connectivity index (χ4v) is 1.52. The van der Waals surface area contributed by atoms with Gasteiger partial charge in [-0.25, -0.2) is 4.39 Å². The van der Waals surface area contributed by atoms with Gasteiger partial charge in [-0.05, 0) is 23.8 Å². The van der Waals surface area contributed by atoms with Gasteiger partial charge in [0, 0.05) is 18.0 Å². The van der Waals surface area contributed by atoms with E-state index < -0.39 is 11.7 Å². The lowest BCUT2D eigenvalue weighted by Crippen LogP contribution is -2.11. The number of rotatable bonds is 2. The zero-order chi connectivity index (χ0) is 13.1. The summed E-state index contributed by atoms with van der Waals surface area (Å²) in [6.45, 7) is 0. The molecule has 0 unspecified atom stereocenters. The predicted molar refractivity (Wildman–Crippen MR) is 62.9 cm³/mol. The Bertz CT molecular complexity index is 662. The number of halogens is 1. The molecule has 4 nitrogen and oxygen atoms in total. The molecule has 5 heteroatoms. The highest BCUT2D eigenvalue weighted by molar-refractivity contribution is 5.93. The van der Waals surface area contributed by atoms with Crippen molar-refractivity contribution in [2.75, 3.05) is 0 Å². The first kappa shape index (κ1) is 11.7. The first-order chi connectivity index (χ1) is 8.61. The molecule has 1 aromatic heterocycles. The minimum atomic E-state index is -0.612. The van der Waals surface area contributed by atoms with E-state index in [1.807, 2.05) is 0 Å². The second-order valence-corrected chi connectivity index (χ2v) is 3.63. The number of benzene rings is 1. The van der Waals surface area contributed by atoms with Gasteiger partial charge in [0.25, 0.3) is 0 Å². The van der Waals surface area contributed by atoms with Gasteiger partial charge >= 0.3 is 0 Å². The fraction of sp³-hybridized carbons (Fsp3) is 0. The summed E-state index contributed by atoms with van der Waals surface area (Å²) < 4.78 is 13.5. The van der Waals surface area contributed by atoms with E-state index >= 15 is 0 Å². The lowest BCUT2D eigenvalue weighted by molar-refractivity contribution is 0.1000. The van der Waals surface area contributed by atoms with Crippen LogP contribution in [0, 0.1) is 17.1 Å². The van der Waals surface area contributed by atoms with Crippen molar-refractivity contribution in [3.05, 3.63) is 53.6 Å². The maximum Gasteiger partial charge on any atom is 0.250 e. The second kappa shape index (κ2) is 4.63. The number of primary amides is 1. The van der Waals surface area contributed by atoms with Crippen molar-refractivity contribution in [3.8, 4) is 17.2 Å². The minimum Gasteiger partial charge on any atom is -0.366 e. The normalized spacial score (nSPS) is 9.78. The number of aromatic nitrogens is 1. The molecule has 0 radical (unpaired) electrons. The molecule has 1 aromatic carbocycles. The monoisotopic (exact) mass is 241 g/mol. The Labute approximate surface area is 102 Å². The van der Waals surface area contributed by atoms with E-state index in [2.05, 4.69) is 4.98 Å². The van der Waals surface area contributed by atoms with Crippen LogP contribution in [0.2, 0.25) is 0 Å². The summed E-state index contributed by atoms with van der Waals surface area (Å²) in [4.78, 5) is 14.9. The molecule has 0 saturated carbocycles. The van der Waals surface area contributed by atoms with Crippen molar-refractivity contribution in [2.24, 2.45) is 5.73 Å². The molecule has 18 heavy (non-hydrogen) atoms. The largest absolute Gasteiger partial charge is 0.366 e. The number of carbonyl (C=O) groups excluding carboxylic acids is 1. The highest BCUT2D eigenvalue weighted by atomic mass is 19.1. The molecule has 0 atom stereocenters. The molecule has 2 aromatic rings. The van der Waals surface area contributed by atoms with Gasteiger partial charge in [-0.1, -0.05) is 6.07 Å². The molecular formula is C13H8FN3O. The number of hydrogen-bond donors (Lipinski definition) is 1. The third-order valence-electron chi connectivity index (χ3n) is 2.45. The third kappa shape index (κ3) is 2.18. The van der Waals surface area contributed by atoms with Gasteiger partial charge in [0.15, 0.2) is 0 Å². The smallest absolute Gasteiger partial charge is 0.250 e. The minimum absolute atomic E-state index is 0.0298. The van der Waals surface area contributed by atoms with E-state index in [9.17, 15) is 9.18 Å². The molecule has 0 aliphatic heterocycles. The molecule has 0 aliphatic carbocycles. The summed E-state index contributed by atoms with van der Waals surface area (Å²) in [5.41, 5.74) is 6.45. The van der Waals surface area contributed by atoms with E-state index in [4.69, 9.17) is 11.0 Å². The second-order valence-electron chi connectivity index (χ2n) is 3.63. The first-order valence-electron chi connectivity index (χ1n) is 5.06. The highest BCUT2D eigenvalue weighted by Crippen LogP contribution is 2.21. The van der Waals surface area contributed by atoms with Crippen LogP contribution in [-0.2, 0) is 0 Å². The van der Waals surface area contributed by atoms with Crippen LogP contribution in [0.1, 0.15) is 15.9 Å². The van der Waals surface area contributed by atoms with Gasteiger partial charge in [-0.3, -0.25) is 9.78 Å². The lowest BCUT2D eigenvalue weighted by atomic mass is 10.0. The average molecular weight is 241 g/mol. The summed E-state index contributed by atoms with van der Waals surface area (Å²) in [6.07, 6.45) is 2.83. The van der Waals surface area contributed by atoms with Gasteiger partial charge in [0.05, 0.1) is 11.1 Å². The van der Waals surface area contributed by atoms with Crippen LogP contribution in [0.25, 0.3) is 11.1 Å². The number of hydrogen-bond acceptors (Lipinski definition) is 3. The van der Waals surface area contributed by atoms with Crippen LogP contribution in [0.3, 0.4) is 0 Å². The summed E-state index contributed by atoms with van der Waals surface area (Å²) in [5, 5.41) is 8.63. The summed E-state index contributed by atoms with van der Waals surface area (Å²) >= 11 is 0. The van der Waals surface area contributed by atoms with Crippen LogP contribution in [0.4, 0.5) is 4.39 Å². The van der Waals surface area contributed by atoms with Crippen LogP contribution < -0.4 is 5.73 Å². The molecule has 0 fully saturated rings. The third-order valence-corrected chi connectivity index (χ3v) is 2.45. The van der Waals surface area contributed by atoms with Crippen LogP contribution in [-0.4, -0.2) is 10.9 Å². The van der Waals surface area contributed by atoms with Gasteiger partial charge in [0.1, 0.15) is 11.9 Å². The average Bonchev–Trinajstić information content (AvgIpc) is 2.38. The molecule has 0 bridgehead atoms. The SMILES string of the molecule is N#Cc1ccc(-c2cncc(C(N)=O)c2)cc1F. The number of pyridine rings is 1. The van der Waals surface area contributed by atoms with E-state index in [1.165, 1.54) is 30.6 Å². The topological polar surface area (TPSA) is 79.8 Å². The maximum atomic E-state index is 13.5. The molecule has 0 saturated heterocycles. The van der Waals surface area contributed by atoms with Crippen LogP contribution >= 0.6 is 0 Å². The Morgan fingerprint density at radius 2 is 2.06 bits per heavy atom. The predicted octanol–water partition coefficient (Wildman–Crippen LogP) is 1.86. The molecule has 1 heterocycles. The Morgan fingerprint density at radius 3 is 2.67 bits per heavy atom. The molecule has 0 aliphatic rings. The number of nitrogens with zero attached hydrogens (tertiary/aromatic N) is 2. The van der Waals surface area contributed by atoms with Gasteiger partial charge < -0.3 is 5.73 Å². The molecule has 2 rings (SSSR count). The van der Waals surface area contributed by atoms with Crippen molar-refractivity contribution in [2.45, 2.75) is 0 Å². The number of amides is 1. The van der Waals surface area contributed by atoms with Crippen LogP contribution in [0.5, 0.6) is 0 Å². The summed E-state index contributed by atoms with van der Waals surface area (Å²) in [7, 11) is 0. The Morgan fingerprint density at radius 1 is 1.28 bits per heavy atom. The van der Waals surface area contributed by atoms with Crippen molar-refractivity contribution >= 4 is 5.91 Å². The van der Waals surface area contributed by atoms with Gasteiger partial charge in [-0.15, -0.1) is 0 Å². The molecule has 88 valence electrons. The first-order valence-corrected chi connectivity index (χ1v) is 5.06. The number of carbonyl (C=O) groups is 1.